The van der Waals surface area contributed by atoms with Crippen LogP contribution in [-0.4, -0.2) is 31.1 Å². The number of amides is 3. The van der Waals surface area contributed by atoms with Gasteiger partial charge in [0.1, 0.15) is 5.76 Å². The van der Waals surface area contributed by atoms with E-state index in [9.17, 15) is 14.4 Å². The molecule has 0 bridgehead atoms. The van der Waals surface area contributed by atoms with E-state index in [0.717, 1.165) is 25.3 Å². The maximum Gasteiger partial charge on any atom is 0.331 e. The molecule has 0 spiro atoms. The molecule has 7 heteroatoms. The van der Waals surface area contributed by atoms with Crippen molar-refractivity contribution in [3.8, 4) is 0 Å². The van der Waals surface area contributed by atoms with E-state index in [1.807, 2.05) is 0 Å². The number of hydrogen-bond acceptors (Lipinski definition) is 5. The van der Waals surface area contributed by atoms with E-state index in [2.05, 4.69) is 16.7 Å². The van der Waals surface area contributed by atoms with Crippen LogP contribution in [0.3, 0.4) is 0 Å². The number of urea groups is 1. The zero-order valence-corrected chi connectivity index (χ0v) is 14.0. The van der Waals surface area contributed by atoms with Crippen LogP contribution in [0.4, 0.5) is 4.79 Å². The molecule has 2 N–H and O–H groups in total. The lowest BCUT2D eigenvalue weighted by Gasteiger charge is -2.13. The number of carbonyl (C=O) groups excluding carboxylic acids is 3. The highest BCUT2D eigenvalue weighted by Crippen LogP contribution is 2.19. The van der Waals surface area contributed by atoms with Crippen LogP contribution in [0.25, 0.3) is 6.08 Å². The SMILES string of the molecule is O=C(COC(=O)/C=C/c1ccco1)NC(=O)NCCC1=CCCCC1. The van der Waals surface area contributed by atoms with Crippen molar-refractivity contribution >= 4 is 24.0 Å². The van der Waals surface area contributed by atoms with Crippen LogP contribution in [0.5, 0.6) is 0 Å². The average Bonchev–Trinajstić information content (AvgIpc) is 3.12. The predicted octanol–water partition coefficient (Wildman–Crippen LogP) is 2.55. The van der Waals surface area contributed by atoms with Crippen LogP contribution in [0.15, 0.2) is 40.5 Å². The smallest absolute Gasteiger partial charge is 0.331 e. The van der Waals surface area contributed by atoms with E-state index < -0.39 is 24.5 Å². The van der Waals surface area contributed by atoms with E-state index >= 15 is 0 Å². The quantitative estimate of drug-likeness (QED) is 0.449. The Morgan fingerprint density at radius 1 is 1.28 bits per heavy atom. The summed E-state index contributed by atoms with van der Waals surface area (Å²) < 4.78 is 9.75. The number of ether oxygens (including phenoxy) is 1. The van der Waals surface area contributed by atoms with E-state index in [1.165, 1.54) is 30.8 Å². The highest BCUT2D eigenvalue weighted by molar-refractivity contribution is 5.96. The molecule has 1 aliphatic rings. The number of allylic oxidation sites excluding steroid dienone is 1. The lowest BCUT2D eigenvalue weighted by molar-refractivity contribution is -0.143. The lowest BCUT2D eigenvalue weighted by Crippen LogP contribution is -2.41. The van der Waals surface area contributed by atoms with E-state index in [1.54, 1.807) is 12.1 Å². The molecule has 0 aromatic carbocycles. The van der Waals surface area contributed by atoms with Crippen molar-refractivity contribution < 1.29 is 23.5 Å². The fourth-order valence-electron chi connectivity index (χ4n) is 2.40. The highest BCUT2D eigenvalue weighted by atomic mass is 16.5. The first kappa shape index (κ1) is 18.5. The van der Waals surface area contributed by atoms with E-state index in [-0.39, 0.29) is 0 Å². The maximum atomic E-state index is 11.6. The number of hydrogen-bond donors (Lipinski definition) is 2. The van der Waals surface area contributed by atoms with Gasteiger partial charge in [0, 0.05) is 12.6 Å². The van der Waals surface area contributed by atoms with Crippen molar-refractivity contribution in [2.75, 3.05) is 13.2 Å². The molecule has 1 aliphatic carbocycles. The molecule has 1 aromatic heterocycles. The second-order valence-electron chi connectivity index (χ2n) is 5.62. The van der Waals surface area contributed by atoms with Crippen LogP contribution in [-0.2, 0) is 14.3 Å². The Morgan fingerprint density at radius 3 is 2.88 bits per heavy atom. The van der Waals surface area contributed by atoms with Gasteiger partial charge in [0.2, 0.25) is 0 Å². The summed E-state index contributed by atoms with van der Waals surface area (Å²) in [4.78, 5) is 34.6. The topological polar surface area (TPSA) is 97.6 Å². The minimum Gasteiger partial charge on any atom is -0.465 e. The van der Waals surface area contributed by atoms with Crippen molar-refractivity contribution in [3.05, 3.63) is 41.9 Å². The molecule has 0 unspecified atom stereocenters. The number of nitrogens with one attached hydrogen (secondary N) is 2. The van der Waals surface area contributed by atoms with Crippen LogP contribution < -0.4 is 10.6 Å². The number of imide groups is 1. The van der Waals surface area contributed by atoms with Gasteiger partial charge in [-0.05, 0) is 50.3 Å². The van der Waals surface area contributed by atoms with Crippen molar-refractivity contribution in [2.24, 2.45) is 0 Å². The predicted molar refractivity (Wildman–Crippen MR) is 91.4 cm³/mol. The molecule has 7 nitrogen and oxygen atoms in total. The van der Waals surface area contributed by atoms with E-state index in [4.69, 9.17) is 9.15 Å². The highest BCUT2D eigenvalue weighted by Gasteiger charge is 2.10. The Morgan fingerprint density at radius 2 is 2.16 bits per heavy atom. The van der Waals surface area contributed by atoms with Crippen LogP contribution >= 0.6 is 0 Å². The molecule has 0 aliphatic heterocycles. The van der Waals surface area contributed by atoms with Gasteiger partial charge in [0.15, 0.2) is 6.61 Å². The summed E-state index contributed by atoms with van der Waals surface area (Å²) in [6.45, 7) is -0.0590. The molecule has 0 fully saturated rings. The lowest BCUT2D eigenvalue weighted by atomic mass is 9.97. The van der Waals surface area contributed by atoms with Gasteiger partial charge in [-0.1, -0.05) is 11.6 Å². The molecule has 0 atom stereocenters. The van der Waals surface area contributed by atoms with E-state index in [0.29, 0.717) is 12.3 Å². The van der Waals surface area contributed by atoms with Gasteiger partial charge in [0.05, 0.1) is 6.26 Å². The standard InChI is InChI=1S/C18H22N2O5/c21-16(13-25-17(22)9-8-15-7-4-12-24-15)20-18(23)19-11-10-14-5-2-1-3-6-14/h4-5,7-9,12H,1-3,6,10-11,13H2,(H2,19,20,21,23)/b9-8+. The third-order valence-corrected chi connectivity index (χ3v) is 3.64. The second-order valence-corrected chi connectivity index (χ2v) is 5.62. The van der Waals surface area contributed by atoms with Gasteiger partial charge in [0.25, 0.3) is 5.91 Å². The summed E-state index contributed by atoms with van der Waals surface area (Å²) in [6, 6.07) is 2.76. The molecule has 1 aromatic rings. The van der Waals surface area contributed by atoms with Gasteiger partial charge < -0.3 is 14.5 Å². The zero-order chi connectivity index (χ0) is 17.9. The van der Waals surface area contributed by atoms with Crippen LogP contribution in [0.2, 0.25) is 0 Å². The third-order valence-electron chi connectivity index (χ3n) is 3.64. The summed E-state index contributed by atoms with van der Waals surface area (Å²) in [5.41, 5.74) is 1.34. The molecule has 2 rings (SSSR count). The Bertz CT molecular complexity index is 646. The van der Waals surface area contributed by atoms with Crippen LogP contribution in [0.1, 0.15) is 37.9 Å². The Balaban J connectivity index is 1.58. The summed E-state index contributed by atoms with van der Waals surface area (Å²) in [5, 5.41) is 4.73. The molecular formula is C18H22N2O5. The fourth-order valence-corrected chi connectivity index (χ4v) is 2.40. The fraction of sp³-hybridized carbons (Fsp3) is 0.389. The molecule has 0 saturated carbocycles. The third kappa shape index (κ3) is 7.52. The molecule has 1 heterocycles. The van der Waals surface area contributed by atoms with Crippen molar-refractivity contribution in [2.45, 2.75) is 32.1 Å². The molecular weight excluding hydrogens is 324 g/mol. The molecule has 25 heavy (non-hydrogen) atoms. The first-order valence-electron chi connectivity index (χ1n) is 8.27. The molecule has 0 saturated heterocycles. The number of furan rings is 1. The number of esters is 1. The maximum absolute atomic E-state index is 11.6. The average molecular weight is 346 g/mol. The summed E-state index contributed by atoms with van der Waals surface area (Å²) in [5.74, 6) is -0.890. The Hall–Kier alpha value is -2.83. The van der Waals surface area contributed by atoms with Gasteiger partial charge >= 0.3 is 12.0 Å². The Labute approximate surface area is 146 Å². The summed E-state index contributed by atoms with van der Waals surface area (Å²) >= 11 is 0. The van der Waals surface area contributed by atoms with Crippen molar-refractivity contribution in [1.29, 1.82) is 0 Å². The largest absolute Gasteiger partial charge is 0.465 e. The van der Waals surface area contributed by atoms with Gasteiger partial charge in [-0.15, -0.1) is 0 Å². The number of carbonyl (C=O) groups is 3. The monoisotopic (exact) mass is 346 g/mol. The van der Waals surface area contributed by atoms with Gasteiger partial charge in [-0.3, -0.25) is 10.1 Å². The first-order chi connectivity index (χ1) is 12.1. The van der Waals surface area contributed by atoms with Gasteiger partial charge in [-0.25, -0.2) is 9.59 Å². The van der Waals surface area contributed by atoms with Gasteiger partial charge in [-0.2, -0.15) is 0 Å². The summed E-state index contributed by atoms with van der Waals surface area (Å²) in [7, 11) is 0. The minimum absolute atomic E-state index is 0.469. The second kappa shape index (κ2) is 10.1. The summed E-state index contributed by atoms with van der Waals surface area (Å²) in [6.07, 6.45) is 11.6. The zero-order valence-electron chi connectivity index (χ0n) is 14.0. The van der Waals surface area contributed by atoms with Crippen molar-refractivity contribution in [1.82, 2.24) is 10.6 Å². The Kier molecular flexibility index (Phi) is 7.49. The molecule has 3 amide bonds. The van der Waals surface area contributed by atoms with Crippen LogP contribution in [0, 0.1) is 0 Å². The normalized spacial score (nSPS) is 14.0. The molecule has 134 valence electrons. The number of rotatable bonds is 7. The molecule has 0 radical (unpaired) electrons. The van der Waals surface area contributed by atoms with Crippen molar-refractivity contribution in [3.63, 3.8) is 0 Å². The first-order valence-corrected chi connectivity index (χ1v) is 8.27. The minimum atomic E-state index is -0.698.